The monoisotopic (exact) mass is 212 g/mol. The van der Waals surface area contributed by atoms with E-state index in [1.807, 2.05) is 0 Å². The number of hydrogen-bond acceptors (Lipinski definition) is 2. The number of hydrogen-bond donors (Lipinski definition) is 2. The Hall–Kier alpha value is -1.42. The van der Waals surface area contributed by atoms with Gasteiger partial charge in [0.15, 0.2) is 0 Å². The van der Waals surface area contributed by atoms with Gasteiger partial charge in [-0.3, -0.25) is 4.79 Å². The molecule has 1 aromatic carbocycles. The van der Waals surface area contributed by atoms with Crippen molar-refractivity contribution in [3.8, 4) is 0 Å². The first kappa shape index (κ1) is 11.7. The number of carboxylic acids is 1. The number of aliphatic hydroxyl groups is 1. The van der Waals surface area contributed by atoms with E-state index in [1.54, 1.807) is 6.07 Å². The van der Waals surface area contributed by atoms with Crippen LogP contribution in [0.5, 0.6) is 0 Å². The summed E-state index contributed by atoms with van der Waals surface area (Å²) < 4.78 is 13.4. The van der Waals surface area contributed by atoms with Crippen molar-refractivity contribution in [2.24, 2.45) is 0 Å². The lowest BCUT2D eigenvalue weighted by Crippen LogP contribution is -2.31. The molecule has 0 heterocycles. The van der Waals surface area contributed by atoms with Gasteiger partial charge in [0, 0.05) is 5.41 Å². The van der Waals surface area contributed by atoms with Crippen molar-refractivity contribution < 1.29 is 19.4 Å². The van der Waals surface area contributed by atoms with Crippen molar-refractivity contribution in [1.29, 1.82) is 0 Å². The predicted octanol–water partition coefficient (Wildman–Crippen LogP) is 1.55. The highest BCUT2D eigenvalue weighted by Gasteiger charge is 2.31. The molecule has 0 aliphatic carbocycles. The number of halogens is 1. The van der Waals surface area contributed by atoms with Crippen LogP contribution in [-0.4, -0.2) is 22.8 Å². The molecule has 1 unspecified atom stereocenters. The Morgan fingerprint density at radius 3 is 2.53 bits per heavy atom. The molecule has 0 saturated heterocycles. The molecule has 3 nitrogen and oxygen atoms in total. The SMILES string of the molecule is CC(CO)(CC(=O)O)c1ccccc1F. The number of benzene rings is 1. The third kappa shape index (κ3) is 2.53. The summed E-state index contributed by atoms with van der Waals surface area (Å²) >= 11 is 0. The van der Waals surface area contributed by atoms with Gasteiger partial charge >= 0.3 is 5.97 Å². The second-order valence-corrected chi connectivity index (χ2v) is 3.77. The lowest BCUT2D eigenvalue weighted by molar-refractivity contribution is -0.138. The van der Waals surface area contributed by atoms with Crippen LogP contribution in [-0.2, 0) is 10.2 Å². The van der Waals surface area contributed by atoms with Crippen LogP contribution < -0.4 is 0 Å². The molecule has 1 rings (SSSR count). The highest BCUT2D eigenvalue weighted by atomic mass is 19.1. The van der Waals surface area contributed by atoms with Crippen molar-refractivity contribution in [2.45, 2.75) is 18.8 Å². The molecule has 4 heteroatoms. The van der Waals surface area contributed by atoms with Gasteiger partial charge in [0.1, 0.15) is 5.82 Å². The molecule has 0 aliphatic rings. The first-order valence-electron chi connectivity index (χ1n) is 4.57. The van der Waals surface area contributed by atoms with Gasteiger partial charge in [0.05, 0.1) is 13.0 Å². The van der Waals surface area contributed by atoms with Crippen molar-refractivity contribution in [1.82, 2.24) is 0 Å². The fourth-order valence-corrected chi connectivity index (χ4v) is 1.52. The maximum atomic E-state index is 13.4. The van der Waals surface area contributed by atoms with E-state index in [0.29, 0.717) is 0 Å². The molecule has 0 bridgehead atoms. The second kappa shape index (κ2) is 4.40. The van der Waals surface area contributed by atoms with Crippen molar-refractivity contribution in [3.05, 3.63) is 35.6 Å². The molecular weight excluding hydrogens is 199 g/mol. The van der Waals surface area contributed by atoms with Crippen LogP contribution in [0, 0.1) is 5.82 Å². The van der Waals surface area contributed by atoms with E-state index in [4.69, 9.17) is 5.11 Å². The minimum absolute atomic E-state index is 0.231. The molecule has 0 fully saturated rings. The van der Waals surface area contributed by atoms with E-state index in [1.165, 1.54) is 25.1 Å². The zero-order chi connectivity index (χ0) is 11.5. The van der Waals surface area contributed by atoms with Gasteiger partial charge < -0.3 is 10.2 Å². The lowest BCUT2D eigenvalue weighted by Gasteiger charge is -2.26. The molecule has 1 atom stereocenters. The van der Waals surface area contributed by atoms with E-state index < -0.39 is 23.8 Å². The zero-order valence-electron chi connectivity index (χ0n) is 8.40. The van der Waals surface area contributed by atoms with Gasteiger partial charge in [-0.1, -0.05) is 25.1 Å². The second-order valence-electron chi connectivity index (χ2n) is 3.77. The molecule has 0 aliphatic heterocycles. The van der Waals surface area contributed by atoms with Crippen LogP contribution in [0.1, 0.15) is 18.9 Å². The van der Waals surface area contributed by atoms with Crippen LogP contribution in [0.15, 0.2) is 24.3 Å². The van der Waals surface area contributed by atoms with Crippen molar-refractivity contribution >= 4 is 5.97 Å². The minimum Gasteiger partial charge on any atom is -0.481 e. The number of aliphatic hydroxyl groups excluding tert-OH is 1. The van der Waals surface area contributed by atoms with E-state index >= 15 is 0 Å². The molecule has 0 spiro atoms. The summed E-state index contributed by atoms with van der Waals surface area (Å²) in [5.41, 5.74) is -0.841. The smallest absolute Gasteiger partial charge is 0.304 e. The average Bonchev–Trinajstić information content (AvgIpc) is 2.17. The molecule has 15 heavy (non-hydrogen) atoms. The van der Waals surface area contributed by atoms with Gasteiger partial charge in [-0.05, 0) is 11.6 Å². The molecule has 0 radical (unpaired) electrons. The summed E-state index contributed by atoms with van der Waals surface area (Å²) in [4.78, 5) is 10.6. The van der Waals surface area contributed by atoms with Gasteiger partial charge in [-0.15, -0.1) is 0 Å². The standard InChI is InChI=1S/C11H13FO3/c1-11(7-13,6-10(14)15)8-4-2-3-5-9(8)12/h2-5,13H,6-7H2,1H3,(H,14,15). The largest absolute Gasteiger partial charge is 0.481 e. The molecule has 0 amide bonds. The summed E-state index contributed by atoms with van der Waals surface area (Å²) in [6.45, 7) is 1.12. The quantitative estimate of drug-likeness (QED) is 0.796. The molecular formula is C11H13FO3. The molecule has 1 aromatic rings. The summed E-state index contributed by atoms with van der Waals surface area (Å²) in [6, 6.07) is 5.89. The third-order valence-corrected chi connectivity index (χ3v) is 2.41. The van der Waals surface area contributed by atoms with Crippen LogP contribution >= 0.6 is 0 Å². The maximum absolute atomic E-state index is 13.4. The van der Waals surface area contributed by atoms with Crippen molar-refractivity contribution in [3.63, 3.8) is 0 Å². The topological polar surface area (TPSA) is 57.5 Å². The first-order chi connectivity index (χ1) is 6.99. The highest BCUT2D eigenvalue weighted by Crippen LogP contribution is 2.29. The summed E-state index contributed by atoms with van der Waals surface area (Å²) in [5, 5.41) is 17.9. The van der Waals surface area contributed by atoms with Crippen LogP contribution in [0.25, 0.3) is 0 Å². The number of aliphatic carboxylic acids is 1. The Balaban J connectivity index is 3.11. The van der Waals surface area contributed by atoms with E-state index in [9.17, 15) is 14.3 Å². The van der Waals surface area contributed by atoms with Crippen molar-refractivity contribution in [2.75, 3.05) is 6.61 Å². The molecule has 2 N–H and O–H groups in total. The minimum atomic E-state index is -1.07. The highest BCUT2D eigenvalue weighted by molar-refractivity contribution is 5.69. The molecule has 0 saturated carbocycles. The molecule has 0 aromatic heterocycles. The Morgan fingerprint density at radius 2 is 2.07 bits per heavy atom. The summed E-state index contributed by atoms with van der Waals surface area (Å²) in [5.74, 6) is -1.55. The Kier molecular flexibility index (Phi) is 3.42. The van der Waals surface area contributed by atoms with Crippen LogP contribution in [0.2, 0.25) is 0 Å². The third-order valence-electron chi connectivity index (χ3n) is 2.41. The van der Waals surface area contributed by atoms with Crippen LogP contribution in [0.3, 0.4) is 0 Å². The Bertz CT molecular complexity index is 365. The normalized spacial score (nSPS) is 14.6. The lowest BCUT2D eigenvalue weighted by atomic mass is 9.80. The van der Waals surface area contributed by atoms with E-state index in [2.05, 4.69) is 0 Å². The van der Waals surface area contributed by atoms with Gasteiger partial charge in [-0.2, -0.15) is 0 Å². The first-order valence-corrected chi connectivity index (χ1v) is 4.57. The van der Waals surface area contributed by atoms with Gasteiger partial charge in [0.2, 0.25) is 0 Å². The maximum Gasteiger partial charge on any atom is 0.304 e. The fourth-order valence-electron chi connectivity index (χ4n) is 1.52. The predicted molar refractivity (Wildman–Crippen MR) is 53.1 cm³/mol. The fraction of sp³-hybridized carbons (Fsp3) is 0.364. The van der Waals surface area contributed by atoms with E-state index in [0.717, 1.165) is 0 Å². The van der Waals surface area contributed by atoms with Gasteiger partial charge in [0.25, 0.3) is 0 Å². The average molecular weight is 212 g/mol. The Labute approximate surface area is 87.2 Å². The number of rotatable bonds is 4. The summed E-state index contributed by atoms with van der Waals surface area (Å²) in [7, 11) is 0. The molecule has 82 valence electrons. The van der Waals surface area contributed by atoms with Gasteiger partial charge in [-0.25, -0.2) is 4.39 Å². The van der Waals surface area contributed by atoms with E-state index in [-0.39, 0.29) is 12.0 Å². The Morgan fingerprint density at radius 1 is 1.47 bits per heavy atom. The zero-order valence-corrected chi connectivity index (χ0v) is 8.40. The van der Waals surface area contributed by atoms with Crippen LogP contribution in [0.4, 0.5) is 4.39 Å². The summed E-state index contributed by atoms with van der Waals surface area (Å²) in [6.07, 6.45) is -0.301. The number of carbonyl (C=O) groups is 1. The number of carboxylic acid groups (broad SMARTS) is 1.